The van der Waals surface area contributed by atoms with E-state index >= 15 is 0 Å². The Bertz CT molecular complexity index is 983. The van der Waals surface area contributed by atoms with E-state index in [2.05, 4.69) is 39.4 Å². The fourth-order valence-electron chi connectivity index (χ4n) is 4.90. The van der Waals surface area contributed by atoms with Crippen molar-refractivity contribution in [1.82, 2.24) is 24.3 Å². The van der Waals surface area contributed by atoms with E-state index in [-0.39, 0.29) is 28.3 Å². The van der Waals surface area contributed by atoms with Gasteiger partial charge in [-0.2, -0.15) is 4.98 Å². The number of aromatic nitrogens is 3. The lowest BCUT2D eigenvalue weighted by Gasteiger charge is -2.42. The molecule has 0 radical (unpaired) electrons. The number of nitrogens with one attached hydrogen (secondary N) is 1. The first-order valence-electron chi connectivity index (χ1n) is 11.7. The molecule has 1 aromatic carbocycles. The minimum atomic E-state index is -0.404. The summed E-state index contributed by atoms with van der Waals surface area (Å²) in [6.07, 6.45) is 10.4. The highest BCUT2D eigenvalue weighted by Gasteiger charge is 2.42. The van der Waals surface area contributed by atoms with Crippen LogP contribution in [0.15, 0.2) is 30.4 Å². The maximum Gasteiger partial charge on any atom is 0.340 e. The van der Waals surface area contributed by atoms with Crippen molar-refractivity contribution >= 4 is 23.5 Å². The lowest BCUT2D eigenvalue weighted by atomic mass is 10.00. The number of nitrogens with zero attached hydrogens (tertiary/aromatic N) is 5. The van der Waals surface area contributed by atoms with Crippen molar-refractivity contribution in [3.05, 3.63) is 36.2 Å². The van der Waals surface area contributed by atoms with Crippen molar-refractivity contribution in [1.29, 1.82) is 0 Å². The van der Waals surface area contributed by atoms with Gasteiger partial charge >= 0.3 is 5.95 Å². The lowest BCUT2D eigenvalue weighted by molar-refractivity contribution is 0.180. The number of anilines is 2. The average molecular weight is 457 g/mol. The maximum absolute atomic E-state index is 14.8. The van der Waals surface area contributed by atoms with Gasteiger partial charge in [-0.25, -0.2) is 8.87 Å². The number of benzene rings is 1. The van der Waals surface area contributed by atoms with Gasteiger partial charge in [-0.3, -0.25) is 0 Å². The molecule has 1 saturated heterocycles. The van der Waals surface area contributed by atoms with Gasteiger partial charge in [-0.05, 0) is 38.8 Å². The van der Waals surface area contributed by atoms with Gasteiger partial charge in [0, 0.05) is 44.1 Å². The molecule has 8 nitrogen and oxygen atoms in total. The largest absolute Gasteiger partial charge is 0.494 e. The number of hydrogen-bond donors (Lipinski definition) is 2. The standard InChI is InChI=1S/C24H35FN7O/c1-31-14-12-18(13-15-31)32(2,19-10-11-21(33-3)20(25)16-19)24-29-22(26)28-23(30-24)27-17-8-6-4-5-7-9-17/h4-5,10-11,16-18H,6-9,12-15H2,1-3H3,(H3,26,27,28,29,30)/q+1. The van der Waals surface area contributed by atoms with Crippen LogP contribution in [0, 0.1) is 5.82 Å². The van der Waals surface area contributed by atoms with Crippen molar-refractivity contribution in [2.24, 2.45) is 0 Å². The second-order valence-electron chi connectivity index (χ2n) is 9.21. The van der Waals surface area contributed by atoms with Crippen LogP contribution >= 0.6 is 0 Å². The average Bonchev–Trinajstić information content (AvgIpc) is 3.07. The fraction of sp³-hybridized carbons (Fsp3) is 0.542. The molecule has 0 saturated carbocycles. The Labute approximate surface area is 195 Å². The van der Waals surface area contributed by atoms with Crippen molar-refractivity contribution in [2.45, 2.75) is 50.6 Å². The van der Waals surface area contributed by atoms with E-state index in [4.69, 9.17) is 15.5 Å². The normalized spacial score (nSPS) is 20.2. The van der Waals surface area contributed by atoms with Gasteiger partial charge in [-0.1, -0.05) is 12.2 Å². The third-order valence-corrected chi connectivity index (χ3v) is 7.01. The molecule has 1 atom stereocenters. The maximum atomic E-state index is 14.8. The smallest absolute Gasteiger partial charge is 0.340 e. The first-order chi connectivity index (χ1) is 15.9. The molecule has 0 bridgehead atoms. The first kappa shape index (κ1) is 23.4. The predicted octanol–water partition coefficient (Wildman–Crippen LogP) is 3.88. The molecule has 0 spiro atoms. The molecule has 178 valence electrons. The summed E-state index contributed by atoms with van der Waals surface area (Å²) in [6.45, 7) is 1.91. The van der Waals surface area contributed by atoms with Gasteiger partial charge in [0.05, 0.1) is 14.2 Å². The summed E-state index contributed by atoms with van der Waals surface area (Å²) in [7, 11) is 5.64. The van der Waals surface area contributed by atoms with Gasteiger partial charge in [0.2, 0.25) is 11.9 Å². The number of ether oxygens (including phenoxy) is 1. The summed E-state index contributed by atoms with van der Waals surface area (Å²) in [5.41, 5.74) is 6.93. The Morgan fingerprint density at radius 3 is 2.42 bits per heavy atom. The van der Waals surface area contributed by atoms with Gasteiger partial charge in [0.25, 0.3) is 0 Å². The number of nitrogen functional groups attached to an aromatic ring is 1. The molecule has 2 aliphatic rings. The van der Waals surface area contributed by atoms with Gasteiger partial charge in [0.1, 0.15) is 11.7 Å². The van der Waals surface area contributed by atoms with Crippen LogP contribution in [0.25, 0.3) is 0 Å². The highest BCUT2D eigenvalue weighted by molar-refractivity contribution is 5.56. The SMILES string of the molecule is COc1ccc([N+](C)(c2nc(N)nc(NC3CCC=CCC3)n2)C2CCN(C)CC2)cc1F. The number of allylic oxidation sites excluding steroid dienone is 2. The molecule has 4 rings (SSSR count). The van der Waals surface area contributed by atoms with Crippen molar-refractivity contribution in [3.8, 4) is 5.75 Å². The van der Waals surface area contributed by atoms with E-state index in [1.807, 2.05) is 13.1 Å². The molecule has 1 unspecified atom stereocenters. The van der Waals surface area contributed by atoms with E-state index in [0.717, 1.165) is 57.3 Å². The highest BCUT2D eigenvalue weighted by atomic mass is 19.1. The van der Waals surface area contributed by atoms with E-state index < -0.39 is 5.82 Å². The van der Waals surface area contributed by atoms with Crippen LogP contribution in [0.2, 0.25) is 0 Å². The molecule has 9 heteroatoms. The number of halogens is 1. The Kier molecular flexibility index (Phi) is 7.09. The second kappa shape index (κ2) is 10.0. The number of hydrogen-bond acceptors (Lipinski definition) is 7. The Morgan fingerprint density at radius 2 is 1.79 bits per heavy atom. The molecular formula is C24H35FN7O+. The van der Waals surface area contributed by atoms with Gasteiger partial charge in [0.15, 0.2) is 11.6 Å². The van der Waals surface area contributed by atoms with Crippen LogP contribution in [0.4, 0.5) is 27.9 Å². The monoisotopic (exact) mass is 456 g/mol. The van der Waals surface area contributed by atoms with Gasteiger partial charge in [-0.15, -0.1) is 9.97 Å². The minimum Gasteiger partial charge on any atom is -0.494 e. The molecule has 1 aliphatic carbocycles. The van der Waals surface area contributed by atoms with Crippen LogP contribution < -0.4 is 20.3 Å². The Morgan fingerprint density at radius 1 is 1.09 bits per heavy atom. The van der Waals surface area contributed by atoms with Crippen LogP contribution in [-0.4, -0.2) is 66.2 Å². The number of methoxy groups -OCH3 is 1. The molecule has 33 heavy (non-hydrogen) atoms. The third kappa shape index (κ3) is 5.09. The molecule has 0 amide bonds. The molecule has 1 aromatic heterocycles. The summed E-state index contributed by atoms with van der Waals surface area (Å²) >= 11 is 0. The summed E-state index contributed by atoms with van der Waals surface area (Å²) in [5.74, 6) is 0.985. The quantitative estimate of drug-likeness (QED) is 0.504. The minimum absolute atomic E-state index is 0.167. The summed E-state index contributed by atoms with van der Waals surface area (Å²) in [4.78, 5) is 16.1. The Hall–Kier alpha value is -2.78. The molecule has 2 heterocycles. The number of nitrogens with two attached hydrogens (primary N) is 1. The second-order valence-corrected chi connectivity index (χ2v) is 9.21. The van der Waals surface area contributed by atoms with E-state index in [9.17, 15) is 4.39 Å². The van der Waals surface area contributed by atoms with Gasteiger partial charge < -0.3 is 20.7 Å². The number of piperidine rings is 1. The molecule has 1 aliphatic heterocycles. The molecular weight excluding hydrogens is 421 g/mol. The lowest BCUT2D eigenvalue weighted by Crippen LogP contribution is -2.54. The molecule has 3 N–H and O–H groups in total. The van der Waals surface area contributed by atoms with E-state index in [1.54, 1.807) is 6.07 Å². The van der Waals surface area contributed by atoms with Crippen LogP contribution in [0.3, 0.4) is 0 Å². The first-order valence-corrected chi connectivity index (χ1v) is 11.7. The topological polar surface area (TPSA) is 89.2 Å². The summed E-state index contributed by atoms with van der Waals surface area (Å²) in [5, 5.41) is 3.47. The van der Waals surface area contributed by atoms with Crippen LogP contribution in [0.1, 0.15) is 38.5 Å². The Balaban J connectivity index is 1.73. The zero-order valence-electron chi connectivity index (χ0n) is 19.8. The van der Waals surface area contributed by atoms with Crippen LogP contribution in [-0.2, 0) is 0 Å². The van der Waals surface area contributed by atoms with Crippen molar-refractivity contribution in [3.63, 3.8) is 0 Å². The van der Waals surface area contributed by atoms with Crippen molar-refractivity contribution in [2.75, 3.05) is 45.3 Å². The molecule has 1 fully saturated rings. The number of likely N-dealkylation sites (tertiary alicyclic amines) is 1. The highest BCUT2D eigenvalue weighted by Crippen LogP contribution is 2.39. The summed E-state index contributed by atoms with van der Waals surface area (Å²) < 4.78 is 20.2. The molecule has 2 aromatic rings. The number of quaternary nitrogens is 1. The summed E-state index contributed by atoms with van der Waals surface area (Å²) in [6, 6.07) is 5.53. The third-order valence-electron chi connectivity index (χ3n) is 7.01. The number of rotatable bonds is 6. The van der Waals surface area contributed by atoms with E-state index in [1.165, 1.54) is 13.2 Å². The zero-order chi connectivity index (χ0) is 23.4. The zero-order valence-corrected chi connectivity index (χ0v) is 19.8. The van der Waals surface area contributed by atoms with E-state index in [0.29, 0.717) is 11.9 Å². The fourth-order valence-corrected chi connectivity index (χ4v) is 4.90. The van der Waals surface area contributed by atoms with Crippen molar-refractivity contribution < 1.29 is 9.13 Å². The predicted molar refractivity (Wildman–Crippen MR) is 130 cm³/mol. The van der Waals surface area contributed by atoms with Crippen LogP contribution in [0.5, 0.6) is 5.75 Å².